The maximum atomic E-state index is 12.9. The zero-order valence-corrected chi connectivity index (χ0v) is 21.1. The van der Waals surface area contributed by atoms with Gasteiger partial charge in [-0.25, -0.2) is 13.1 Å². The molecule has 5 rings (SSSR count). The Labute approximate surface area is 216 Å². The molecule has 0 aliphatic carbocycles. The number of aromatic nitrogens is 2. The van der Waals surface area contributed by atoms with Crippen LogP contribution in [0.2, 0.25) is 0 Å². The standard InChI is InChI=1S/C24H22N6O5S2/c31-30(32)22-15-20(37(33,34)28-10-12-35-13-11-28)8-9-21(22)26-25-16-18-17-29(19-5-2-1-3-6-19)27-24(18)23-7-4-14-36-23/h1-9,14-17,26H,10-13H2/b25-16-. The third-order valence-corrected chi connectivity index (χ3v) is 8.45. The second kappa shape index (κ2) is 10.6. The summed E-state index contributed by atoms with van der Waals surface area (Å²) in [6.45, 7) is 0.960. The van der Waals surface area contributed by atoms with E-state index in [1.165, 1.54) is 34.0 Å². The van der Waals surface area contributed by atoms with E-state index in [0.717, 1.165) is 16.6 Å². The van der Waals surface area contributed by atoms with Gasteiger partial charge in [0.05, 0.1) is 39.8 Å². The first kappa shape index (κ1) is 24.8. The summed E-state index contributed by atoms with van der Waals surface area (Å²) in [5.74, 6) is 0. The highest BCUT2D eigenvalue weighted by Crippen LogP contribution is 2.30. The molecule has 2 aromatic heterocycles. The first-order valence-electron chi connectivity index (χ1n) is 11.3. The quantitative estimate of drug-likeness (QED) is 0.204. The van der Waals surface area contributed by atoms with E-state index in [1.807, 2.05) is 54.0 Å². The van der Waals surface area contributed by atoms with Crippen LogP contribution in [0.15, 0.2) is 82.2 Å². The smallest absolute Gasteiger partial charge is 0.295 e. The molecular weight excluding hydrogens is 516 g/mol. The van der Waals surface area contributed by atoms with Crippen LogP contribution in [0.4, 0.5) is 11.4 Å². The molecule has 37 heavy (non-hydrogen) atoms. The predicted octanol–water partition coefficient (Wildman–Crippen LogP) is 3.98. The molecule has 0 saturated carbocycles. The average Bonchev–Trinajstić information content (AvgIpc) is 3.60. The number of hydrogen-bond acceptors (Lipinski definition) is 9. The second-order valence-electron chi connectivity index (χ2n) is 8.01. The van der Waals surface area contributed by atoms with Crippen LogP contribution in [0.1, 0.15) is 5.56 Å². The topological polar surface area (TPSA) is 132 Å². The first-order valence-corrected chi connectivity index (χ1v) is 13.6. The average molecular weight is 539 g/mol. The van der Waals surface area contributed by atoms with Crippen LogP contribution in [-0.4, -0.2) is 59.9 Å². The highest BCUT2D eigenvalue weighted by molar-refractivity contribution is 7.89. The number of sulfonamides is 1. The minimum atomic E-state index is -3.88. The SMILES string of the molecule is O=[N+]([O-])c1cc(S(=O)(=O)N2CCOCC2)ccc1N/N=C\c1cn(-c2ccccc2)nc1-c1cccs1. The number of rotatable bonds is 8. The zero-order valence-electron chi connectivity index (χ0n) is 19.4. The summed E-state index contributed by atoms with van der Waals surface area (Å²) in [6.07, 6.45) is 3.35. The lowest BCUT2D eigenvalue weighted by atomic mass is 10.2. The lowest BCUT2D eigenvalue weighted by Gasteiger charge is -2.26. The minimum absolute atomic E-state index is 0.0651. The van der Waals surface area contributed by atoms with Crippen LogP contribution in [-0.2, 0) is 14.8 Å². The molecule has 11 nitrogen and oxygen atoms in total. The van der Waals surface area contributed by atoms with Gasteiger partial charge in [0.15, 0.2) is 0 Å². The highest BCUT2D eigenvalue weighted by atomic mass is 32.2. The number of nitrogens with zero attached hydrogens (tertiary/aromatic N) is 5. The van der Waals surface area contributed by atoms with E-state index in [0.29, 0.717) is 11.3 Å². The molecule has 1 saturated heterocycles. The molecule has 0 spiro atoms. The fourth-order valence-corrected chi connectivity index (χ4v) is 5.98. The van der Waals surface area contributed by atoms with Crippen molar-refractivity contribution in [3.05, 3.63) is 87.9 Å². The zero-order chi connectivity index (χ0) is 25.8. The van der Waals surface area contributed by atoms with Gasteiger partial charge in [-0.2, -0.15) is 14.5 Å². The van der Waals surface area contributed by atoms with Gasteiger partial charge in [-0.1, -0.05) is 24.3 Å². The molecule has 1 fully saturated rings. The van der Waals surface area contributed by atoms with Crippen molar-refractivity contribution in [2.24, 2.45) is 5.10 Å². The number of morpholine rings is 1. The van der Waals surface area contributed by atoms with Crippen molar-refractivity contribution in [1.29, 1.82) is 0 Å². The van der Waals surface area contributed by atoms with E-state index in [2.05, 4.69) is 10.5 Å². The third kappa shape index (κ3) is 5.29. The van der Waals surface area contributed by atoms with Gasteiger partial charge >= 0.3 is 0 Å². The van der Waals surface area contributed by atoms with Crippen molar-refractivity contribution >= 4 is 38.9 Å². The Kier molecular flexibility index (Phi) is 7.10. The number of benzene rings is 2. The number of ether oxygens (including phenoxy) is 1. The van der Waals surface area contributed by atoms with Crippen LogP contribution in [0.3, 0.4) is 0 Å². The first-order chi connectivity index (χ1) is 17.9. The Morgan fingerprint density at radius 2 is 1.89 bits per heavy atom. The molecule has 2 aromatic carbocycles. The Bertz CT molecular complexity index is 1530. The Balaban J connectivity index is 1.42. The number of hydrazone groups is 1. The fourth-order valence-electron chi connectivity index (χ4n) is 3.82. The molecule has 0 radical (unpaired) electrons. The molecule has 0 atom stereocenters. The fraction of sp³-hybridized carbons (Fsp3) is 0.167. The molecule has 1 N–H and O–H groups in total. The molecule has 3 heterocycles. The highest BCUT2D eigenvalue weighted by Gasteiger charge is 2.29. The van der Waals surface area contributed by atoms with E-state index in [1.54, 1.807) is 4.68 Å². The van der Waals surface area contributed by atoms with Crippen molar-refractivity contribution in [3.63, 3.8) is 0 Å². The van der Waals surface area contributed by atoms with Crippen LogP contribution in [0.5, 0.6) is 0 Å². The molecule has 13 heteroatoms. The van der Waals surface area contributed by atoms with Gasteiger partial charge in [0, 0.05) is 30.9 Å². The van der Waals surface area contributed by atoms with Crippen molar-refractivity contribution in [2.75, 3.05) is 31.7 Å². The van der Waals surface area contributed by atoms with Crippen LogP contribution in [0.25, 0.3) is 16.3 Å². The second-order valence-corrected chi connectivity index (χ2v) is 10.9. The molecule has 0 unspecified atom stereocenters. The molecule has 4 aromatic rings. The third-order valence-electron chi connectivity index (χ3n) is 5.68. The minimum Gasteiger partial charge on any atom is -0.379 e. The summed E-state index contributed by atoms with van der Waals surface area (Å²) in [6, 6.07) is 17.2. The van der Waals surface area contributed by atoms with Gasteiger partial charge in [-0.3, -0.25) is 15.5 Å². The molecular formula is C24H22N6O5S2. The number of nitro benzene ring substituents is 1. The number of nitrogens with one attached hydrogen (secondary N) is 1. The van der Waals surface area contributed by atoms with Gasteiger partial charge in [0.2, 0.25) is 10.0 Å². The van der Waals surface area contributed by atoms with E-state index in [-0.39, 0.29) is 36.9 Å². The summed E-state index contributed by atoms with van der Waals surface area (Å²) in [5.41, 5.74) is 4.65. The Morgan fingerprint density at radius 3 is 2.59 bits per heavy atom. The predicted molar refractivity (Wildman–Crippen MR) is 141 cm³/mol. The van der Waals surface area contributed by atoms with Gasteiger partial charge in [-0.05, 0) is 35.7 Å². The number of nitro groups is 1. The Hall–Kier alpha value is -3.91. The van der Waals surface area contributed by atoms with Crippen LogP contribution < -0.4 is 5.43 Å². The Morgan fingerprint density at radius 1 is 1.11 bits per heavy atom. The summed E-state index contributed by atoms with van der Waals surface area (Å²) >= 11 is 1.53. The molecule has 0 bridgehead atoms. The van der Waals surface area contributed by atoms with Crippen LogP contribution in [0, 0.1) is 10.1 Å². The number of hydrogen-bond donors (Lipinski definition) is 1. The summed E-state index contributed by atoms with van der Waals surface area (Å²) in [7, 11) is -3.88. The molecule has 1 aliphatic heterocycles. The van der Waals surface area contributed by atoms with Gasteiger partial charge in [-0.15, -0.1) is 11.3 Å². The van der Waals surface area contributed by atoms with Gasteiger partial charge in [0.25, 0.3) is 5.69 Å². The molecule has 1 aliphatic rings. The number of para-hydroxylation sites is 1. The van der Waals surface area contributed by atoms with Gasteiger partial charge in [0.1, 0.15) is 11.4 Å². The van der Waals surface area contributed by atoms with Crippen molar-refractivity contribution in [3.8, 4) is 16.3 Å². The van der Waals surface area contributed by atoms with E-state index < -0.39 is 20.6 Å². The number of thiophene rings is 1. The van der Waals surface area contributed by atoms with Crippen molar-refractivity contribution < 1.29 is 18.1 Å². The lowest BCUT2D eigenvalue weighted by molar-refractivity contribution is -0.384. The van der Waals surface area contributed by atoms with Crippen molar-refractivity contribution in [1.82, 2.24) is 14.1 Å². The number of anilines is 1. The largest absolute Gasteiger partial charge is 0.379 e. The molecule has 0 amide bonds. The van der Waals surface area contributed by atoms with Crippen molar-refractivity contribution in [2.45, 2.75) is 4.90 Å². The van der Waals surface area contributed by atoms with Crippen LogP contribution >= 0.6 is 11.3 Å². The summed E-state index contributed by atoms with van der Waals surface area (Å²) < 4.78 is 34.1. The summed E-state index contributed by atoms with van der Waals surface area (Å²) in [5, 5.41) is 22.6. The van der Waals surface area contributed by atoms with Gasteiger partial charge < -0.3 is 4.74 Å². The van der Waals surface area contributed by atoms with E-state index >= 15 is 0 Å². The van der Waals surface area contributed by atoms with E-state index in [4.69, 9.17) is 9.84 Å². The monoisotopic (exact) mass is 538 g/mol. The maximum Gasteiger partial charge on any atom is 0.295 e. The maximum absolute atomic E-state index is 12.9. The van der Waals surface area contributed by atoms with E-state index in [9.17, 15) is 18.5 Å². The molecule has 190 valence electrons. The lowest BCUT2D eigenvalue weighted by Crippen LogP contribution is -2.40. The summed E-state index contributed by atoms with van der Waals surface area (Å²) in [4.78, 5) is 11.9. The normalized spacial score (nSPS) is 14.7.